The molecule has 2 rings (SSSR count). The molecule has 3 atom stereocenters. The molecular weight excluding hydrogens is 298 g/mol. The highest BCUT2D eigenvalue weighted by molar-refractivity contribution is 8.00. The van der Waals surface area contributed by atoms with E-state index in [1.54, 1.807) is 0 Å². The van der Waals surface area contributed by atoms with Crippen LogP contribution >= 0.6 is 11.8 Å². The normalized spacial score (nSPS) is 26.4. The lowest BCUT2D eigenvalue weighted by Gasteiger charge is -2.16. The lowest BCUT2D eigenvalue weighted by atomic mass is 10.0. The van der Waals surface area contributed by atoms with Crippen molar-refractivity contribution in [3.8, 4) is 0 Å². The van der Waals surface area contributed by atoms with Gasteiger partial charge in [0.2, 0.25) is 5.91 Å². The molecule has 2 saturated heterocycles. The topological polar surface area (TPSA) is 70.2 Å². The molecule has 3 unspecified atom stereocenters. The summed E-state index contributed by atoms with van der Waals surface area (Å²) in [4.78, 5) is 23.0. The minimum Gasteiger partial charge on any atom is -0.356 e. The molecule has 2 aliphatic rings. The van der Waals surface area contributed by atoms with Crippen LogP contribution in [0.4, 0.5) is 4.79 Å². The Bertz CT molecular complexity index is 378. The van der Waals surface area contributed by atoms with E-state index in [0.717, 1.165) is 38.0 Å². The van der Waals surface area contributed by atoms with Gasteiger partial charge in [0.05, 0.1) is 12.1 Å². The summed E-state index contributed by atoms with van der Waals surface area (Å²) in [6.07, 6.45) is 8.48. The van der Waals surface area contributed by atoms with Gasteiger partial charge in [-0.15, -0.1) is 0 Å². The molecule has 0 aromatic rings. The molecule has 126 valence electrons. The Morgan fingerprint density at radius 3 is 2.91 bits per heavy atom. The number of nitrogens with one attached hydrogen (secondary N) is 3. The zero-order valence-corrected chi connectivity index (χ0v) is 14.3. The maximum atomic E-state index is 11.7. The number of carbonyl (C=O) groups is 2. The van der Waals surface area contributed by atoms with Crippen LogP contribution in [0, 0.1) is 0 Å². The summed E-state index contributed by atoms with van der Waals surface area (Å²) in [5.74, 6) is 1.19. The number of hydrogen-bond donors (Lipinski definition) is 3. The van der Waals surface area contributed by atoms with Crippen molar-refractivity contribution in [2.75, 3.05) is 12.3 Å². The lowest BCUT2D eigenvalue weighted by Crippen LogP contribution is -2.36. The largest absolute Gasteiger partial charge is 0.356 e. The van der Waals surface area contributed by atoms with Gasteiger partial charge in [-0.05, 0) is 19.3 Å². The number of unbranched alkanes of at least 4 members (excludes halogenated alkanes) is 4. The van der Waals surface area contributed by atoms with Crippen LogP contribution in [0.15, 0.2) is 0 Å². The average Bonchev–Trinajstić information content (AvgIpc) is 3.03. The number of urea groups is 1. The fourth-order valence-corrected chi connectivity index (χ4v) is 4.69. The highest BCUT2D eigenvalue weighted by atomic mass is 32.2. The lowest BCUT2D eigenvalue weighted by molar-refractivity contribution is -0.121. The van der Waals surface area contributed by atoms with Crippen molar-refractivity contribution in [3.63, 3.8) is 0 Å². The number of amides is 3. The molecule has 2 heterocycles. The molecule has 0 saturated carbocycles. The molecule has 0 bridgehead atoms. The van der Waals surface area contributed by atoms with Gasteiger partial charge in [-0.25, -0.2) is 4.79 Å². The maximum absolute atomic E-state index is 11.7. The van der Waals surface area contributed by atoms with Gasteiger partial charge in [-0.3, -0.25) is 4.79 Å². The van der Waals surface area contributed by atoms with Crippen molar-refractivity contribution in [1.82, 2.24) is 16.0 Å². The molecule has 3 amide bonds. The molecule has 6 heteroatoms. The number of thioether (sulfide) groups is 1. The number of carbonyl (C=O) groups excluding carboxylic acids is 2. The highest BCUT2D eigenvalue weighted by Crippen LogP contribution is 2.33. The second-order valence-corrected chi connectivity index (χ2v) is 7.55. The minimum absolute atomic E-state index is 0.0252. The maximum Gasteiger partial charge on any atom is 0.315 e. The van der Waals surface area contributed by atoms with Crippen LogP contribution in [0.5, 0.6) is 0 Å². The Morgan fingerprint density at radius 2 is 2.09 bits per heavy atom. The molecule has 0 aliphatic carbocycles. The van der Waals surface area contributed by atoms with Crippen molar-refractivity contribution in [1.29, 1.82) is 0 Å². The van der Waals surface area contributed by atoms with E-state index in [-0.39, 0.29) is 18.0 Å². The van der Waals surface area contributed by atoms with Crippen LogP contribution < -0.4 is 16.0 Å². The van der Waals surface area contributed by atoms with Crippen LogP contribution in [-0.2, 0) is 4.79 Å². The molecule has 0 aromatic carbocycles. The van der Waals surface area contributed by atoms with Crippen molar-refractivity contribution < 1.29 is 9.59 Å². The summed E-state index contributed by atoms with van der Waals surface area (Å²) >= 11 is 1.94. The summed E-state index contributed by atoms with van der Waals surface area (Å²) in [5.41, 5.74) is 0. The predicted molar refractivity (Wildman–Crippen MR) is 91.1 cm³/mol. The third-order valence-corrected chi connectivity index (χ3v) is 5.94. The Balaban J connectivity index is 1.49. The summed E-state index contributed by atoms with van der Waals surface area (Å²) < 4.78 is 0. The zero-order valence-electron chi connectivity index (χ0n) is 13.5. The van der Waals surface area contributed by atoms with Gasteiger partial charge in [0.1, 0.15) is 0 Å². The van der Waals surface area contributed by atoms with E-state index < -0.39 is 0 Å². The first-order valence-corrected chi connectivity index (χ1v) is 9.71. The van der Waals surface area contributed by atoms with Gasteiger partial charge in [0, 0.05) is 24.0 Å². The van der Waals surface area contributed by atoms with Gasteiger partial charge < -0.3 is 16.0 Å². The molecule has 0 radical (unpaired) electrons. The summed E-state index contributed by atoms with van der Waals surface area (Å²) in [5, 5.41) is 9.47. The molecular formula is C16H29N3O2S. The highest BCUT2D eigenvalue weighted by Gasteiger charge is 2.42. The van der Waals surface area contributed by atoms with E-state index in [9.17, 15) is 9.59 Å². The molecule has 0 aromatic heterocycles. The molecule has 2 aliphatic heterocycles. The second kappa shape index (κ2) is 9.28. The van der Waals surface area contributed by atoms with E-state index in [1.165, 1.54) is 19.3 Å². The van der Waals surface area contributed by atoms with E-state index in [2.05, 4.69) is 22.9 Å². The average molecular weight is 327 g/mol. The Labute approximate surface area is 137 Å². The minimum atomic E-state index is -0.0252. The van der Waals surface area contributed by atoms with Crippen LogP contribution in [0.25, 0.3) is 0 Å². The van der Waals surface area contributed by atoms with Gasteiger partial charge >= 0.3 is 6.03 Å². The van der Waals surface area contributed by atoms with E-state index in [0.29, 0.717) is 17.7 Å². The SMILES string of the molecule is CCCCCCNC(=O)CCCCC1SCC2NC(=O)NC21. The third-order valence-electron chi connectivity index (χ3n) is 4.43. The van der Waals surface area contributed by atoms with Crippen LogP contribution in [0.1, 0.15) is 58.3 Å². The number of hydrogen-bond acceptors (Lipinski definition) is 3. The standard InChI is InChI=1S/C16H29N3O2S/c1-2-3-4-7-10-17-14(20)9-6-5-8-13-15-12(11-22-13)18-16(21)19-15/h12-13,15H,2-11H2,1H3,(H,17,20)(H2,18,19,21). The molecule has 3 N–H and O–H groups in total. The molecule has 0 spiro atoms. The number of rotatable bonds is 10. The summed E-state index contributed by atoms with van der Waals surface area (Å²) in [6.45, 7) is 3.01. The Kier molecular flexibility index (Phi) is 7.36. The van der Waals surface area contributed by atoms with Crippen molar-refractivity contribution >= 4 is 23.7 Å². The van der Waals surface area contributed by atoms with Crippen molar-refractivity contribution in [3.05, 3.63) is 0 Å². The van der Waals surface area contributed by atoms with Gasteiger partial charge in [-0.2, -0.15) is 11.8 Å². The zero-order chi connectivity index (χ0) is 15.8. The third kappa shape index (κ3) is 5.38. The molecule has 2 fully saturated rings. The Morgan fingerprint density at radius 1 is 1.23 bits per heavy atom. The van der Waals surface area contributed by atoms with Crippen LogP contribution in [-0.4, -0.2) is 41.6 Å². The van der Waals surface area contributed by atoms with Gasteiger partial charge in [0.15, 0.2) is 0 Å². The van der Waals surface area contributed by atoms with E-state index >= 15 is 0 Å². The number of fused-ring (bicyclic) bond motifs is 1. The monoisotopic (exact) mass is 327 g/mol. The fourth-order valence-electron chi connectivity index (χ4n) is 3.14. The van der Waals surface area contributed by atoms with E-state index in [4.69, 9.17) is 0 Å². The summed E-state index contributed by atoms with van der Waals surface area (Å²) in [7, 11) is 0. The quantitative estimate of drug-likeness (QED) is 0.426. The molecule has 22 heavy (non-hydrogen) atoms. The first-order valence-electron chi connectivity index (χ1n) is 8.66. The van der Waals surface area contributed by atoms with Crippen molar-refractivity contribution in [2.45, 2.75) is 75.6 Å². The van der Waals surface area contributed by atoms with Gasteiger partial charge in [-0.1, -0.05) is 32.6 Å². The van der Waals surface area contributed by atoms with Crippen LogP contribution in [0.3, 0.4) is 0 Å². The second-order valence-electron chi connectivity index (χ2n) is 6.28. The van der Waals surface area contributed by atoms with E-state index in [1.807, 2.05) is 11.8 Å². The predicted octanol–water partition coefficient (Wildman–Crippen LogP) is 2.41. The van der Waals surface area contributed by atoms with Crippen molar-refractivity contribution in [2.24, 2.45) is 0 Å². The fraction of sp³-hybridized carbons (Fsp3) is 0.875. The first-order chi connectivity index (χ1) is 10.7. The molecule has 5 nitrogen and oxygen atoms in total. The van der Waals surface area contributed by atoms with Crippen LogP contribution in [0.2, 0.25) is 0 Å². The smallest absolute Gasteiger partial charge is 0.315 e. The summed E-state index contributed by atoms with van der Waals surface area (Å²) in [6, 6.07) is 0.557. The van der Waals surface area contributed by atoms with Gasteiger partial charge in [0.25, 0.3) is 0 Å². The first kappa shape index (κ1) is 17.4. The Hall–Kier alpha value is -0.910.